The van der Waals surface area contributed by atoms with E-state index in [1.165, 1.54) is 0 Å². The summed E-state index contributed by atoms with van der Waals surface area (Å²) in [5.74, 6) is 1.51. The molecule has 1 aromatic rings. The van der Waals surface area contributed by atoms with Crippen molar-refractivity contribution < 1.29 is 14.3 Å². The van der Waals surface area contributed by atoms with Crippen molar-refractivity contribution in [3.05, 3.63) is 24.3 Å². The third kappa shape index (κ3) is 9.64. The van der Waals surface area contributed by atoms with Gasteiger partial charge >= 0.3 is 0 Å². The first-order valence-electron chi connectivity index (χ1n) is 11.0. The molecule has 0 radical (unpaired) electrons. The van der Waals surface area contributed by atoms with E-state index in [0.717, 1.165) is 30.8 Å². The van der Waals surface area contributed by atoms with Gasteiger partial charge in [0.05, 0.1) is 6.61 Å². The van der Waals surface area contributed by atoms with Gasteiger partial charge in [0.15, 0.2) is 0 Å². The minimum Gasteiger partial charge on any atom is -0.494 e. The number of anilines is 1. The Labute approximate surface area is 178 Å². The smallest absolute Gasteiger partial charge is 0.256 e. The maximum Gasteiger partial charge on any atom is 0.256 e. The molecule has 166 valence electrons. The minimum absolute atomic E-state index is 0.0481. The minimum atomic E-state index is -0.792. The lowest BCUT2D eigenvalue weighted by Crippen LogP contribution is -2.47. The van der Waals surface area contributed by atoms with Gasteiger partial charge in [0.1, 0.15) is 11.4 Å². The standard InChI is InChI=1S/C24H42N2O3/c1-8-15-29-24(17-19(2)3,18-20(4)5)23(27)25-21-10-12-22(13-11-21)28-16-9-14-26(6)7/h10-13,19-20H,8-9,14-18H2,1-7H3,(H,25,27). The molecule has 1 amide bonds. The van der Waals surface area contributed by atoms with Crippen LogP contribution >= 0.6 is 0 Å². The van der Waals surface area contributed by atoms with Gasteiger partial charge < -0.3 is 19.7 Å². The molecular weight excluding hydrogens is 364 g/mol. The molecule has 0 spiro atoms. The fourth-order valence-corrected chi connectivity index (χ4v) is 3.52. The highest BCUT2D eigenvalue weighted by molar-refractivity contribution is 5.97. The summed E-state index contributed by atoms with van der Waals surface area (Å²) >= 11 is 0. The number of nitrogens with zero attached hydrogens (tertiary/aromatic N) is 1. The molecule has 5 nitrogen and oxygen atoms in total. The van der Waals surface area contributed by atoms with Crippen LogP contribution in [0.15, 0.2) is 24.3 Å². The molecule has 0 atom stereocenters. The molecule has 0 bridgehead atoms. The molecule has 1 N–H and O–H groups in total. The van der Waals surface area contributed by atoms with Crippen LogP contribution in [0.1, 0.15) is 60.3 Å². The average molecular weight is 407 g/mol. The number of carbonyl (C=O) groups excluding carboxylic acids is 1. The Morgan fingerprint density at radius 2 is 1.62 bits per heavy atom. The van der Waals surface area contributed by atoms with Crippen molar-refractivity contribution in [2.75, 3.05) is 39.2 Å². The lowest BCUT2D eigenvalue weighted by atomic mass is 9.83. The topological polar surface area (TPSA) is 50.8 Å². The molecule has 29 heavy (non-hydrogen) atoms. The first-order chi connectivity index (χ1) is 13.7. The van der Waals surface area contributed by atoms with Gasteiger partial charge in [-0.1, -0.05) is 34.6 Å². The second-order valence-electron chi connectivity index (χ2n) is 9.02. The molecule has 0 saturated heterocycles. The van der Waals surface area contributed by atoms with Gasteiger partial charge in [-0.2, -0.15) is 0 Å². The zero-order chi connectivity index (χ0) is 21.9. The summed E-state index contributed by atoms with van der Waals surface area (Å²) in [4.78, 5) is 15.4. The van der Waals surface area contributed by atoms with Crippen molar-refractivity contribution in [3.63, 3.8) is 0 Å². The van der Waals surface area contributed by atoms with Crippen molar-refractivity contribution in [1.29, 1.82) is 0 Å². The SMILES string of the molecule is CCCOC(CC(C)C)(CC(C)C)C(=O)Nc1ccc(OCCCN(C)C)cc1. The maximum atomic E-state index is 13.3. The van der Waals surface area contributed by atoms with E-state index in [0.29, 0.717) is 37.9 Å². The first-order valence-corrected chi connectivity index (χ1v) is 11.0. The number of rotatable bonds is 14. The Kier molecular flexibility index (Phi) is 11.3. The zero-order valence-corrected chi connectivity index (χ0v) is 19.6. The maximum absolute atomic E-state index is 13.3. The van der Waals surface area contributed by atoms with E-state index in [9.17, 15) is 4.79 Å². The second kappa shape index (κ2) is 12.9. The molecule has 0 saturated carbocycles. The van der Waals surface area contributed by atoms with Gasteiger partial charge in [-0.3, -0.25) is 4.79 Å². The Morgan fingerprint density at radius 3 is 2.10 bits per heavy atom. The van der Waals surface area contributed by atoms with Crippen LogP contribution in [-0.4, -0.2) is 50.3 Å². The van der Waals surface area contributed by atoms with Crippen LogP contribution in [0.3, 0.4) is 0 Å². The predicted octanol–water partition coefficient (Wildman–Crippen LogP) is 5.21. The third-order valence-corrected chi connectivity index (χ3v) is 4.60. The van der Waals surface area contributed by atoms with Gasteiger partial charge in [-0.25, -0.2) is 0 Å². The van der Waals surface area contributed by atoms with Crippen molar-refractivity contribution >= 4 is 11.6 Å². The summed E-state index contributed by atoms with van der Waals surface area (Å²) in [5.41, 5.74) is -0.0210. The lowest BCUT2D eigenvalue weighted by Gasteiger charge is -2.35. The highest BCUT2D eigenvalue weighted by Gasteiger charge is 2.40. The molecule has 0 aromatic heterocycles. The van der Waals surface area contributed by atoms with Gasteiger partial charge in [0.2, 0.25) is 0 Å². The van der Waals surface area contributed by atoms with E-state index in [1.54, 1.807) is 0 Å². The van der Waals surface area contributed by atoms with Crippen LogP contribution < -0.4 is 10.1 Å². The molecule has 0 fully saturated rings. The molecule has 1 rings (SSSR count). The van der Waals surface area contributed by atoms with E-state index < -0.39 is 5.60 Å². The van der Waals surface area contributed by atoms with E-state index in [2.05, 4.69) is 58.9 Å². The molecular formula is C24H42N2O3. The van der Waals surface area contributed by atoms with E-state index >= 15 is 0 Å². The zero-order valence-electron chi connectivity index (χ0n) is 19.6. The summed E-state index contributed by atoms with van der Waals surface area (Å²) in [5, 5.41) is 3.09. The van der Waals surface area contributed by atoms with Crippen molar-refractivity contribution in [3.8, 4) is 5.75 Å². The van der Waals surface area contributed by atoms with Gasteiger partial charge in [0, 0.05) is 18.8 Å². The Balaban J connectivity index is 2.81. The third-order valence-electron chi connectivity index (χ3n) is 4.60. The predicted molar refractivity (Wildman–Crippen MR) is 122 cm³/mol. The van der Waals surface area contributed by atoms with Crippen LogP contribution in [-0.2, 0) is 9.53 Å². The number of hydrogen-bond acceptors (Lipinski definition) is 4. The van der Waals surface area contributed by atoms with Crippen LogP contribution in [0.4, 0.5) is 5.69 Å². The summed E-state index contributed by atoms with van der Waals surface area (Å²) in [6, 6.07) is 7.61. The molecule has 0 aliphatic rings. The molecule has 5 heteroatoms. The quantitative estimate of drug-likeness (QED) is 0.431. The van der Waals surface area contributed by atoms with Crippen LogP contribution in [0.25, 0.3) is 0 Å². The number of hydrogen-bond donors (Lipinski definition) is 1. The fraction of sp³-hybridized carbons (Fsp3) is 0.708. The normalized spacial score (nSPS) is 12.1. The van der Waals surface area contributed by atoms with Crippen LogP contribution in [0, 0.1) is 11.8 Å². The number of carbonyl (C=O) groups is 1. The highest BCUT2D eigenvalue weighted by atomic mass is 16.5. The van der Waals surface area contributed by atoms with Gasteiger partial charge in [-0.15, -0.1) is 0 Å². The Bertz CT molecular complexity index is 572. The number of benzene rings is 1. The number of ether oxygens (including phenoxy) is 2. The molecule has 0 aliphatic carbocycles. The Hall–Kier alpha value is -1.59. The second-order valence-corrected chi connectivity index (χ2v) is 9.02. The summed E-state index contributed by atoms with van der Waals surface area (Å²) in [6.07, 6.45) is 3.30. The molecule has 0 aliphatic heterocycles. The number of amides is 1. The van der Waals surface area contributed by atoms with Gasteiger partial charge in [0.25, 0.3) is 5.91 Å². The first kappa shape index (κ1) is 25.4. The largest absolute Gasteiger partial charge is 0.494 e. The lowest BCUT2D eigenvalue weighted by molar-refractivity contribution is -0.147. The highest BCUT2D eigenvalue weighted by Crippen LogP contribution is 2.31. The van der Waals surface area contributed by atoms with E-state index in [1.807, 2.05) is 24.3 Å². The van der Waals surface area contributed by atoms with Crippen molar-refractivity contribution in [2.24, 2.45) is 11.8 Å². The molecule has 1 aromatic carbocycles. The summed E-state index contributed by atoms with van der Waals surface area (Å²) in [6.45, 7) is 12.9. The number of nitrogens with one attached hydrogen (secondary N) is 1. The van der Waals surface area contributed by atoms with E-state index in [-0.39, 0.29) is 5.91 Å². The molecule has 0 unspecified atom stereocenters. The van der Waals surface area contributed by atoms with Crippen molar-refractivity contribution in [2.45, 2.75) is 65.9 Å². The average Bonchev–Trinajstić information content (AvgIpc) is 2.63. The monoisotopic (exact) mass is 406 g/mol. The van der Waals surface area contributed by atoms with Gasteiger partial charge in [-0.05, 0) is 75.9 Å². The Morgan fingerprint density at radius 1 is 1.03 bits per heavy atom. The van der Waals surface area contributed by atoms with Crippen molar-refractivity contribution in [1.82, 2.24) is 4.90 Å². The fourth-order valence-electron chi connectivity index (χ4n) is 3.52. The van der Waals surface area contributed by atoms with Crippen LogP contribution in [0.5, 0.6) is 5.75 Å². The molecule has 0 heterocycles. The summed E-state index contributed by atoms with van der Waals surface area (Å²) in [7, 11) is 4.11. The van der Waals surface area contributed by atoms with Crippen LogP contribution in [0.2, 0.25) is 0 Å². The summed E-state index contributed by atoms with van der Waals surface area (Å²) < 4.78 is 12.0. The van der Waals surface area contributed by atoms with E-state index in [4.69, 9.17) is 9.47 Å².